The maximum absolute atomic E-state index is 12.6. The number of halogens is 1. The van der Waals surface area contributed by atoms with Gasteiger partial charge >= 0.3 is 0 Å². The monoisotopic (exact) mass is 337 g/mol. The van der Waals surface area contributed by atoms with Crippen molar-refractivity contribution in [3.05, 3.63) is 29.3 Å². The smallest absolute Gasteiger partial charge is 0.243 e. The van der Waals surface area contributed by atoms with E-state index in [1.54, 1.807) is 29.2 Å². The number of amides is 2. The zero-order valence-corrected chi connectivity index (χ0v) is 14.2. The van der Waals surface area contributed by atoms with Gasteiger partial charge in [-0.2, -0.15) is 0 Å². The van der Waals surface area contributed by atoms with Crippen LogP contribution in [0.15, 0.2) is 24.3 Å². The highest BCUT2D eigenvalue weighted by Gasteiger charge is 2.26. The van der Waals surface area contributed by atoms with E-state index in [-0.39, 0.29) is 24.3 Å². The van der Waals surface area contributed by atoms with Crippen LogP contribution < -0.4 is 10.6 Å². The summed E-state index contributed by atoms with van der Waals surface area (Å²) in [5.74, 6) is -0.0474. The summed E-state index contributed by atoms with van der Waals surface area (Å²) in [4.78, 5) is 26.5. The van der Waals surface area contributed by atoms with E-state index in [0.717, 1.165) is 32.4 Å². The molecular formula is C17H24ClN3O2. The van der Waals surface area contributed by atoms with Crippen molar-refractivity contribution in [1.29, 1.82) is 0 Å². The fourth-order valence-electron chi connectivity index (χ4n) is 2.77. The van der Waals surface area contributed by atoms with Gasteiger partial charge in [-0.25, -0.2) is 0 Å². The summed E-state index contributed by atoms with van der Waals surface area (Å²) in [5.41, 5.74) is 0.685. The normalized spacial score (nSPS) is 15.2. The summed E-state index contributed by atoms with van der Waals surface area (Å²) in [7, 11) is 0. The Morgan fingerprint density at radius 1 is 1.26 bits per heavy atom. The van der Waals surface area contributed by atoms with Gasteiger partial charge in [0.05, 0.1) is 6.54 Å². The molecule has 2 rings (SSSR count). The van der Waals surface area contributed by atoms with E-state index in [9.17, 15) is 9.59 Å². The zero-order valence-electron chi connectivity index (χ0n) is 13.5. The molecule has 0 unspecified atom stereocenters. The first kappa shape index (κ1) is 17.8. The van der Waals surface area contributed by atoms with Crippen molar-refractivity contribution in [2.45, 2.75) is 26.2 Å². The molecule has 1 aliphatic heterocycles. The predicted octanol–water partition coefficient (Wildman–Crippen LogP) is 2.52. The summed E-state index contributed by atoms with van der Waals surface area (Å²) in [6, 6.07) is 6.94. The quantitative estimate of drug-likeness (QED) is 0.838. The van der Waals surface area contributed by atoms with Gasteiger partial charge in [0.1, 0.15) is 0 Å². The van der Waals surface area contributed by atoms with Gasteiger partial charge in [-0.3, -0.25) is 9.59 Å². The molecule has 1 aromatic carbocycles. The average Bonchev–Trinajstić information content (AvgIpc) is 2.57. The first-order valence-electron chi connectivity index (χ1n) is 8.15. The summed E-state index contributed by atoms with van der Waals surface area (Å²) in [6.45, 7) is 4.45. The van der Waals surface area contributed by atoms with Crippen LogP contribution in [-0.2, 0) is 9.59 Å². The van der Waals surface area contributed by atoms with E-state index >= 15 is 0 Å². The van der Waals surface area contributed by atoms with E-state index in [2.05, 4.69) is 10.6 Å². The molecule has 5 nitrogen and oxygen atoms in total. The lowest BCUT2D eigenvalue weighted by Crippen LogP contribution is -2.44. The van der Waals surface area contributed by atoms with Crippen LogP contribution in [0.3, 0.4) is 0 Å². The lowest BCUT2D eigenvalue weighted by Gasteiger charge is -2.29. The summed E-state index contributed by atoms with van der Waals surface area (Å²) >= 11 is 5.83. The van der Waals surface area contributed by atoms with Crippen molar-refractivity contribution in [1.82, 2.24) is 10.2 Å². The molecule has 1 saturated heterocycles. The molecule has 6 heteroatoms. The van der Waals surface area contributed by atoms with Crippen LogP contribution in [0.2, 0.25) is 5.02 Å². The highest BCUT2D eigenvalue weighted by atomic mass is 35.5. The number of benzene rings is 1. The van der Waals surface area contributed by atoms with Gasteiger partial charge in [0.2, 0.25) is 11.8 Å². The maximum atomic E-state index is 12.6. The molecule has 0 aliphatic carbocycles. The lowest BCUT2D eigenvalue weighted by atomic mass is 9.96. The van der Waals surface area contributed by atoms with Crippen LogP contribution in [0.4, 0.5) is 5.69 Å². The fraction of sp³-hybridized carbons (Fsp3) is 0.529. The molecular weight excluding hydrogens is 314 g/mol. The molecule has 23 heavy (non-hydrogen) atoms. The molecule has 0 saturated carbocycles. The van der Waals surface area contributed by atoms with Crippen LogP contribution in [-0.4, -0.2) is 42.9 Å². The Balaban J connectivity index is 1.93. The minimum absolute atomic E-state index is 0.0335. The second-order valence-corrected chi connectivity index (χ2v) is 6.28. The van der Waals surface area contributed by atoms with Gasteiger partial charge in [0, 0.05) is 23.2 Å². The van der Waals surface area contributed by atoms with Gasteiger partial charge in [0.25, 0.3) is 0 Å². The summed E-state index contributed by atoms with van der Waals surface area (Å²) in [5, 5.41) is 6.69. The highest BCUT2D eigenvalue weighted by Crippen LogP contribution is 2.16. The Morgan fingerprint density at radius 3 is 2.52 bits per heavy atom. The van der Waals surface area contributed by atoms with Crippen LogP contribution in [0.1, 0.15) is 26.2 Å². The molecule has 0 bridgehead atoms. The second-order valence-electron chi connectivity index (χ2n) is 5.84. The number of rotatable bonds is 6. The molecule has 0 spiro atoms. The Bertz CT molecular complexity index is 527. The van der Waals surface area contributed by atoms with Gasteiger partial charge in [0.15, 0.2) is 0 Å². The predicted molar refractivity (Wildman–Crippen MR) is 92.5 cm³/mol. The van der Waals surface area contributed by atoms with Crippen molar-refractivity contribution in [2.75, 3.05) is 31.5 Å². The maximum Gasteiger partial charge on any atom is 0.243 e. The largest absolute Gasteiger partial charge is 0.333 e. The van der Waals surface area contributed by atoms with Crippen molar-refractivity contribution in [3.63, 3.8) is 0 Å². The minimum atomic E-state index is -0.178. The van der Waals surface area contributed by atoms with Crippen molar-refractivity contribution < 1.29 is 9.59 Å². The van der Waals surface area contributed by atoms with Crippen molar-refractivity contribution in [2.24, 2.45) is 5.92 Å². The number of anilines is 1. The number of nitrogens with one attached hydrogen (secondary N) is 2. The summed E-state index contributed by atoms with van der Waals surface area (Å²) < 4.78 is 0. The molecule has 0 atom stereocenters. The molecule has 2 amide bonds. The zero-order chi connectivity index (χ0) is 16.7. The average molecular weight is 338 g/mol. The van der Waals surface area contributed by atoms with Gasteiger partial charge < -0.3 is 15.5 Å². The Morgan fingerprint density at radius 2 is 1.91 bits per heavy atom. The Hall–Kier alpha value is -1.59. The van der Waals surface area contributed by atoms with Gasteiger partial charge in [-0.15, -0.1) is 0 Å². The third kappa shape index (κ3) is 5.52. The van der Waals surface area contributed by atoms with Crippen molar-refractivity contribution in [3.8, 4) is 0 Å². The van der Waals surface area contributed by atoms with E-state index in [1.807, 2.05) is 6.92 Å². The van der Waals surface area contributed by atoms with E-state index in [0.29, 0.717) is 17.3 Å². The fourth-order valence-corrected chi connectivity index (χ4v) is 2.90. The standard InChI is InChI=1S/C17H24ClN3O2/c1-2-11-21(17(23)13-7-9-19-10-8-13)12-16(22)20-15-5-3-14(18)4-6-15/h3-6,13,19H,2,7-12H2,1H3,(H,20,22). The van der Waals surface area contributed by atoms with Crippen LogP contribution >= 0.6 is 11.6 Å². The summed E-state index contributed by atoms with van der Waals surface area (Å²) in [6.07, 6.45) is 2.53. The number of carbonyl (C=O) groups is 2. The molecule has 1 heterocycles. The minimum Gasteiger partial charge on any atom is -0.333 e. The first-order chi connectivity index (χ1) is 11.1. The number of piperidine rings is 1. The number of hydrogen-bond donors (Lipinski definition) is 2. The number of hydrogen-bond acceptors (Lipinski definition) is 3. The molecule has 0 radical (unpaired) electrons. The van der Waals surface area contributed by atoms with Gasteiger partial charge in [-0.1, -0.05) is 18.5 Å². The van der Waals surface area contributed by atoms with E-state index < -0.39 is 0 Å². The SMILES string of the molecule is CCCN(CC(=O)Nc1ccc(Cl)cc1)C(=O)C1CCNCC1. The Labute approximate surface area is 142 Å². The molecule has 2 N–H and O–H groups in total. The third-order valence-electron chi connectivity index (χ3n) is 3.96. The van der Waals surface area contributed by atoms with Crippen LogP contribution in [0, 0.1) is 5.92 Å². The molecule has 1 aliphatic rings. The van der Waals surface area contributed by atoms with Gasteiger partial charge in [-0.05, 0) is 56.6 Å². The Kier molecular flexibility index (Phi) is 6.86. The lowest BCUT2D eigenvalue weighted by molar-refractivity contribution is -0.139. The van der Waals surface area contributed by atoms with Crippen LogP contribution in [0.5, 0.6) is 0 Å². The highest BCUT2D eigenvalue weighted by molar-refractivity contribution is 6.30. The number of nitrogens with zero attached hydrogens (tertiary/aromatic N) is 1. The molecule has 1 aromatic rings. The number of carbonyl (C=O) groups excluding carboxylic acids is 2. The topological polar surface area (TPSA) is 61.4 Å². The molecule has 126 valence electrons. The first-order valence-corrected chi connectivity index (χ1v) is 8.53. The molecule has 1 fully saturated rings. The van der Waals surface area contributed by atoms with Crippen molar-refractivity contribution >= 4 is 29.1 Å². The molecule has 0 aromatic heterocycles. The van der Waals surface area contributed by atoms with E-state index in [1.165, 1.54) is 0 Å². The third-order valence-corrected chi connectivity index (χ3v) is 4.21. The van der Waals surface area contributed by atoms with E-state index in [4.69, 9.17) is 11.6 Å². The van der Waals surface area contributed by atoms with Crippen LogP contribution in [0.25, 0.3) is 0 Å². The second kappa shape index (κ2) is 8.89.